The van der Waals surface area contributed by atoms with Crippen molar-refractivity contribution in [2.24, 2.45) is 5.92 Å². The molecule has 0 amide bonds. The molecule has 0 radical (unpaired) electrons. The monoisotopic (exact) mass is 414 g/mol. The van der Waals surface area contributed by atoms with E-state index in [4.69, 9.17) is 4.74 Å². The third kappa shape index (κ3) is 2.78. The van der Waals surface area contributed by atoms with Crippen LogP contribution in [0.3, 0.4) is 0 Å². The van der Waals surface area contributed by atoms with Gasteiger partial charge in [-0.05, 0) is 41.7 Å². The molecule has 6 heteroatoms. The molecule has 26 heavy (non-hydrogen) atoms. The summed E-state index contributed by atoms with van der Waals surface area (Å²) in [5.41, 5.74) is 2.29. The SMILES string of the molecule is COc1ccc(Cn2c(=O)c3cccc4c3n(c2=O)CC(CBr)C4)cc1. The molecule has 0 fully saturated rings. The highest BCUT2D eigenvalue weighted by Gasteiger charge is 2.24. The molecule has 2 aromatic carbocycles. The quantitative estimate of drug-likeness (QED) is 0.616. The Morgan fingerprint density at radius 2 is 1.92 bits per heavy atom. The van der Waals surface area contributed by atoms with Crippen LogP contribution < -0.4 is 16.0 Å². The van der Waals surface area contributed by atoms with Gasteiger partial charge in [-0.25, -0.2) is 4.79 Å². The van der Waals surface area contributed by atoms with E-state index in [-0.39, 0.29) is 17.8 Å². The topological polar surface area (TPSA) is 53.2 Å². The normalized spacial score (nSPS) is 16.0. The van der Waals surface area contributed by atoms with Gasteiger partial charge >= 0.3 is 5.69 Å². The summed E-state index contributed by atoms with van der Waals surface area (Å²) in [5.74, 6) is 1.09. The van der Waals surface area contributed by atoms with E-state index in [1.54, 1.807) is 11.7 Å². The van der Waals surface area contributed by atoms with Crippen LogP contribution in [-0.4, -0.2) is 21.6 Å². The maximum Gasteiger partial charge on any atom is 0.331 e. The first-order valence-corrected chi connectivity index (χ1v) is 9.68. The van der Waals surface area contributed by atoms with Gasteiger partial charge in [-0.3, -0.25) is 13.9 Å². The summed E-state index contributed by atoms with van der Waals surface area (Å²) in [5, 5.41) is 1.44. The summed E-state index contributed by atoms with van der Waals surface area (Å²) in [6.45, 7) is 0.876. The van der Waals surface area contributed by atoms with Crippen LogP contribution >= 0.6 is 15.9 Å². The number of halogens is 1. The second kappa shape index (κ2) is 6.76. The van der Waals surface area contributed by atoms with Crippen LogP contribution in [0.4, 0.5) is 0 Å². The summed E-state index contributed by atoms with van der Waals surface area (Å²) in [4.78, 5) is 26.1. The second-order valence-corrected chi connectivity index (χ2v) is 7.32. The first kappa shape index (κ1) is 17.1. The number of para-hydroxylation sites is 1. The molecular weight excluding hydrogens is 396 g/mol. The fraction of sp³-hybridized carbons (Fsp3) is 0.300. The van der Waals surface area contributed by atoms with Gasteiger partial charge in [0.1, 0.15) is 5.75 Å². The van der Waals surface area contributed by atoms with Crippen molar-refractivity contribution in [2.45, 2.75) is 19.5 Å². The molecule has 3 aromatic rings. The fourth-order valence-corrected chi connectivity index (χ4v) is 4.11. The van der Waals surface area contributed by atoms with Gasteiger partial charge in [-0.2, -0.15) is 0 Å². The molecule has 1 aliphatic rings. The molecule has 0 saturated carbocycles. The molecule has 1 unspecified atom stereocenters. The minimum atomic E-state index is -0.239. The Hall–Kier alpha value is -2.34. The Bertz CT molecular complexity index is 1080. The molecule has 0 bridgehead atoms. The van der Waals surface area contributed by atoms with Crippen LogP contribution in [-0.2, 0) is 19.5 Å². The van der Waals surface area contributed by atoms with Crippen molar-refractivity contribution < 1.29 is 4.74 Å². The lowest BCUT2D eigenvalue weighted by Gasteiger charge is -2.26. The Balaban J connectivity index is 1.88. The first-order valence-electron chi connectivity index (χ1n) is 8.56. The lowest BCUT2D eigenvalue weighted by molar-refractivity contribution is 0.414. The third-order valence-corrected chi connectivity index (χ3v) is 5.91. The zero-order chi connectivity index (χ0) is 18.3. The zero-order valence-corrected chi connectivity index (χ0v) is 16.0. The highest BCUT2D eigenvalue weighted by Crippen LogP contribution is 2.25. The molecular formula is C20H19BrN2O3. The molecule has 0 spiro atoms. The highest BCUT2D eigenvalue weighted by atomic mass is 79.9. The van der Waals surface area contributed by atoms with Gasteiger partial charge in [0, 0.05) is 11.9 Å². The number of methoxy groups -OCH3 is 1. The minimum Gasteiger partial charge on any atom is -0.497 e. The molecule has 134 valence electrons. The van der Waals surface area contributed by atoms with Crippen molar-refractivity contribution in [3.05, 3.63) is 74.4 Å². The van der Waals surface area contributed by atoms with E-state index in [1.807, 2.05) is 42.5 Å². The van der Waals surface area contributed by atoms with Crippen molar-refractivity contribution >= 4 is 26.8 Å². The molecule has 1 atom stereocenters. The lowest BCUT2D eigenvalue weighted by atomic mass is 9.95. The number of benzene rings is 2. The van der Waals surface area contributed by atoms with Crippen LogP contribution in [0, 0.1) is 5.92 Å². The standard InChI is InChI=1S/C20H19BrN2O3/c1-26-16-7-5-13(6-8-16)11-23-19(24)17-4-2-3-15-9-14(10-21)12-22(18(15)17)20(23)25/h2-8,14H,9-12H2,1H3. The van der Waals surface area contributed by atoms with Gasteiger partial charge in [0.05, 0.1) is 24.6 Å². The van der Waals surface area contributed by atoms with Crippen molar-refractivity contribution in [2.75, 3.05) is 12.4 Å². The number of aromatic nitrogens is 2. The number of ether oxygens (including phenoxy) is 1. The summed E-state index contributed by atoms with van der Waals surface area (Å²) >= 11 is 3.54. The smallest absolute Gasteiger partial charge is 0.331 e. The van der Waals surface area contributed by atoms with Crippen LogP contribution in [0.5, 0.6) is 5.75 Å². The van der Waals surface area contributed by atoms with Gasteiger partial charge in [-0.1, -0.05) is 40.2 Å². The molecule has 0 aliphatic carbocycles. The second-order valence-electron chi connectivity index (χ2n) is 6.67. The van der Waals surface area contributed by atoms with E-state index >= 15 is 0 Å². The molecule has 0 saturated heterocycles. The van der Waals surface area contributed by atoms with Crippen LogP contribution in [0.15, 0.2) is 52.1 Å². The number of hydrogen-bond donors (Lipinski definition) is 0. The maximum absolute atomic E-state index is 13.1. The summed E-state index contributed by atoms with van der Waals surface area (Å²) in [7, 11) is 1.61. The van der Waals surface area contributed by atoms with Crippen molar-refractivity contribution in [3.63, 3.8) is 0 Å². The number of rotatable bonds is 4. The van der Waals surface area contributed by atoms with E-state index in [9.17, 15) is 9.59 Å². The van der Waals surface area contributed by atoms with E-state index in [2.05, 4.69) is 15.9 Å². The average Bonchev–Trinajstić information content (AvgIpc) is 2.69. The van der Waals surface area contributed by atoms with Crippen LogP contribution in [0.2, 0.25) is 0 Å². The maximum atomic E-state index is 13.1. The average molecular weight is 415 g/mol. The summed E-state index contributed by atoms with van der Waals surface area (Å²) < 4.78 is 8.27. The van der Waals surface area contributed by atoms with Crippen molar-refractivity contribution in [1.29, 1.82) is 0 Å². The summed E-state index contributed by atoms with van der Waals surface area (Å²) in [6.07, 6.45) is 0.879. The largest absolute Gasteiger partial charge is 0.497 e. The van der Waals surface area contributed by atoms with Crippen LogP contribution in [0.25, 0.3) is 10.9 Å². The molecule has 0 N–H and O–H groups in total. The van der Waals surface area contributed by atoms with E-state index in [0.717, 1.165) is 34.1 Å². The van der Waals surface area contributed by atoms with Gasteiger partial charge < -0.3 is 4.74 Å². The zero-order valence-electron chi connectivity index (χ0n) is 14.4. The van der Waals surface area contributed by atoms with E-state index in [1.165, 1.54) is 4.57 Å². The number of hydrogen-bond acceptors (Lipinski definition) is 3. The fourth-order valence-electron chi connectivity index (χ4n) is 3.68. The summed E-state index contributed by atoms with van der Waals surface area (Å²) in [6, 6.07) is 13.2. The van der Waals surface area contributed by atoms with Gasteiger partial charge in [0.15, 0.2) is 0 Å². The molecule has 4 rings (SSSR count). The minimum absolute atomic E-state index is 0.226. The lowest BCUT2D eigenvalue weighted by Crippen LogP contribution is -2.43. The predicted octanol–water partition coefficient (Wildman–Crippen LogP) is 2.79. The first-order chi connectivity index (χ1) is 12.6. The Morgan fingerprint density at radius 1 is 1.15 bits per heavy atom. The predicted molar refractivity (Wildman–Crippen MR) is 106 cm³/mol. The Kier molecular flexibility index (Phi) is 4.44. The van der Waals surface area contributed by atoms with Crippen molar-refractivity contribution in [1.82, 2.24) is 9.13 Å². The van der Waals surface area contributed by atoms with Gasteiger partial charge in [0.2, 0.25) is 0 Å². The van der Waals surface area contributed by atoms with Gasteiger partial charge in [0.25, 0.3) is 5.56 Å². The van der Waals surface area contributed by atoms with Crippen LogP contribution in [0.1, 0.15) is 11.1 Å². The number of alkyl halides is 1. The Morgan fingerprint density at radius 3 is 2.62 bits per heavy atom. The van der Waals surface area contributed by atoms with E-state index in [0.29, 0.717) is 17.8 Å². The third-order valence-electron chi connectivity index (χ3n) is 4.99. The number of nitrogens with zero attached hydrogens (tertiary/aromatic N) is 2. The molecule has 2 heterocycles. The highest BCUT2D eigenvalue weighted by molar-refractivity contribution is 9.09. The van der Waals surface area contributed by atoms with Gasteiger partial charge in [-0.15, -0.1) is 0 Å². The Labute approximate surface area is 159 Å². The molecule has 1 aliphatic heterocycles. The molecule has 1 aromatic heterocycles. The van der Waals surface area contributed by atoms with E-state index < -0.39 is 0 Å². The van der Waals surface area contributed by atoms with Crippen molar-refractivity contribution in [3.8, 4) is 5.75 Å². The molecule has 5 nitrogen and oxygen atoms in total.